The number of piperidine rings is 1. The van der Waals surface area contributed by atoms with Crippen LogP contribution in [0, 0.1) is 17.8 Å². The van der Waals surface area contributed by atoms with E-state index in [9.17, 15) is 0 Å². The Morgan fingerprint density at radius 1 is 1.19 bits per heavy atom. The highest BCUT2D eigenvalue weighted by molar-refractivity contribution is 4.88. The maximum absolute atomic E-state index is 2.81. The van der Waals surface area contributed by atoms with Crippen molar-refractivity contribution in [3.63, 3.8) is 0 Å². The molecule has 1 saturated carbocycles. The third-order valence-electron chi connectivity index (χ3n) is 4.94. The summed E-state index contributed by atoms with van der Waals surface area (Å²) in [7, 11) is 0. The van der Waals surface area contributed by atoms with E-state index >= 15 is 0 Å². The lowest BCUT2D eigenvalue weighted by atomic mass is 9.75. The fourth-order valence-electron chi connectivity index (χ4n) is 3.62. The lowest BCUT2D eigenvalue weighted by Gasteiger charge is -2.46. The monoisotopic (exact) mass is 223 g/mol. The van der Waals surface area contributed by atoms with Crippen LogP contribution in [0.25, 0.3) is 0 Å². The van der Waals surface area contributed by atoms with Crippen LogP contribution in [0.3, 0.4) is 0 Å². The van der Waals surface area contributed by atoms with Crippen LogP contribution in [0.5, 0.6) is 0 Å². The molecule has 0 aromatic rings. The van der Waals surface area contributed by atoms with E-state index < -0.39 is 0 Å². The molecule has 0 unspecified atom stereocenters. The number of hydrogen-bond donors (Lipinski definition) is 0. The van der Waals surface area contributed by atoms with Crippen LogP contribution in [0.1, 0.15) is 59.3 Å². The summed E-state index contributed by atoms with van der Waals surface area (Å²) >= 11 is 0. The summed E-state index contributed by atoms with van der Waals surface area (Å²) in [5.74, 6) is 2.86. The summed E-state index contributed by atoms with van der Waals surface area (Å²) in [5, 5.41) is 0. The van der Waals surface area contributed by atoms with Gasteiger partial charge in [-0.2, -0.15) is 0 Å². The van der Waals surface area contributed by atoms with Crippen molar-refractivity contribution in [1.82, 2.24) is 4.90 Å². The molecule has 0 aromatic heterocycles. The average Bonchev–Trinajstić information content (AvgIpc) is 2.17. The van der Waals surface area contributed by atoms with E-state index in [0.29, 0.717) is 0 Å². The Hall–Kier alpha value is -0.0400. The van der Waals surface area contributed by atoms with E-state index in [-0.39, 0.29) is 0 Å². The Bertz CT molecular complexity index is 207. The normalized spacial score (nSPS) is 33.0. The molecule has 1 saturated heterocycles. The van der Waals surface area contributed by atoms with Gasteiger partial charge in [0.05, 0.1) is 0 Å². The summed E-state index contributed by atoms with van der Waals surface area (Å²) < 4.78 is 0. The largest absolute Gasteiger partial charge is 0.300 e. The van der Waals surface area contributed by atoms with Gasteiger partial charge in [0.15, 0.2) is 0 Å². The number of likely N-dealkylation sites (tertiary alicyclic amines) is 1. The maximum Gasteiger partial charge on any atom is 0.00953 e. The van der Waals surface area contributed by atoms with Crippen molar-refractivity contribution in [2.24, 2.45) is 17.8 Å². The molecule has 16 heavy (non-hydrogen) atoms. The first kappa shape index (κ1) is 12.4. The van der Waals surface area contributed by atoms with Crippen molar-refractivity contribution in [1.29, 1.82) is 0 Å². The van der Waals surface area contributed by atoms with Gasteiger partial charge in [0.1, 0.15) is 0 Å². The van der Waals surface area contributed by atoms with Gasteiger partial charge < -0.3 is 4.90 Å². The molecule has 2 fully saturated rings. The number of rotatable bonds is 4. The van der Waals surface area contributed by atoms with Crippen molar-refractivity contribution >= 4 is 0 Å². The second kappa shape index (κ2) is 5.53. The van der Waals surface area contributed by atoms with Crippen LogP contribution in [0.15, 0.2) is 0 Å². The molecule has 0 aromatic carbocycles. The predicted octanol–water partition coefficient (Wildman–Crippen LogP) is 3.93. The SMILES string of the molecule is CCC[C@H]1CCN(C2CCC2)C[C@@H]1C(C)C. The lowest BCUT2D eigenvalue weighted by Crippen LogP contribution is -2.49. The quantitative estimate of drug-likeness (QED) is 0.698. The predicted molar refractivity (Wildman–Crippen MR) is 70.6 cm³/mol. The second-order valence-electron chi connectivity index (χ2n) is 6.32. The van der Waals surface area contributed by atoms with Gasteiger partial charge in [-0.05, 0) is 43.6 Å². The zero-order valence-electron chi connectivity index (χ0n) is 11.4. The molecule has 1 nitrogen and oxygen atoms in total. The van der Waals surface area contributed by atoms with Crippen LogP contribution >= 0.6 is 0 Å². The van der Waals surface area contributed by atoms with Crippen LogP contribution < -0.4 is 0 Å². The molecule has 2 rings (SSSR count). The Balaban J connectivity index is 1.91. The highest BCUT2D eigenvalue weighted by atomic mass is 15.2. The van der Waals surface area contributed by atoms with E-state index in [2.05, 4.69) is 25.7 Å². The number of hydrogen-bond acceptors (Lipinski definition) is 1. The molecule has 94 valence electrons. The molecule has 1 aliphatic heterocycles. The first-order valence-electron chi connectivity index (χ1n) is 7.46. The third kappa shape index (κ3) is 2.61. The second-order valence-corrected chi connectivity index (χ2v) is 6.32. The van der Waals surface area contributed by atoms with Gasteiger partial charge in [-0.3, -0.25) is 0 Å². The van der Waals surface area contributed by atoms with Gasteiger partial charge in [-0.1, -0.05) is 40.0 Å². The van der Waals surface area contributed by atoms with Gasteiger partial charge in [-0.15, -0.1) is 0 Å². The molecule has 0 N–H and O–H groups in total. The summed E-state index contributed by atoms with van der Waals surface area (Å²) in [6.07, 6.45) is 8.73. The van der Waals surface area contributed by atoms with E-state index in [0.717, 1.165) is 23.8 Å². The van der Waals surface area contributed by atoms with Gasteiger partial charge in [0, 0.05) is 12.6 Å². The molecule has 2 atom stereocenters. The minimum absolute atomic E-state index is 0.874. The van der Waals surface area contributed by atoms with Crippen molar-refractivity contribution in [2.75, 3.05) is 13.1 Å². The smallest absolute Gasteiger partial charge is 0.00953 e. The zero-order chi connectivity index (χ0) is 11.5. The Labute approximate surface area is 102 Å². The van der Waals surface area contributed by atoms with Crippen LogP contribution in [0.4, 0.5) is 0 Å². The van der Waals surface area contributed by atoms with Crippen molar-refractivity contribution in [3.8, 4) is 0 Å². The summed E-state index contributed by atoms with van der Waals surface area (Å²) in [6.45, 7) is 9.98. The van der Waals surface area contributed by atoms with Gasteiger partial charge in [-0.25, -0.2) is 0 Å². The minimum Gasteiger partial charge on any atom is -0.300 e. The highest BCUT2D eigenvalue weighted by Gasteiger charge is 2.35. The molecule has 0 spiro atoms. The molecule has 1 heteroatoms. The minimum atomic E-state index is 0.874. The lowest BCUT2D eigenvalue weighted by molar-refractivity contribution is 0.0271. The molecule has 0 amide bonds. The third-order valence-corrected chi connectivity index (χ3v) is 4.94. The molecule has 1 aliphatic carbocycles. The van der Waals surface area contributed by atoms with E-state index in [4.69, 9.17) is 0 Å². The Morgan fingerprint density at radius 3 is 2.44 bits per heavy atom. The maximum atomic E-state index is 2.81. The highest BCUT2D eigenvalue weighted by Crippen LogP contribution is 2.36. The molecule has 0 radical (unpaired) electrons. The standard InChI is InChI=1S/C15H29N/c1-4-6-13-9-10-16(14-7-5-8-14)11-15(13)12(2)3/h12-15H,4-11H2,1-3H3/t13-,15+/m0/s1. The fourth-order valence-corrected chi connectivity index (χ4v) is 3.62. The van der Waals surface area contributed by atoms with Gasteiger partial charge in [0.25, 0.3) is 0 Å². The molecule has 0 bridgehead atoms. The van der Waals surface area contributed by atoms with E-state index in [1.165, 1.54) is 51.6 Å². The van der Waals surface area contributed by atoms with Crippen molar-refractivity contribution in [3.05, 3.63) is 0 Å². The Morgan fingerprint density at radius 2 is 1.94 bits per heavy atom. The average molecular weight is 223 g/mol. The topological polar surface area (TPSA) is 3.24 Å². The molecular formula is C15H29N. The van der Waals surface area contributed by atoms with Crippen molar-refractivity contribution < 1.29 is 0 Å². The van der Waals surface area contributed by atoms with Gasteiger partial charge >= 0.3 is 0 Å². The first-order chi connectivity index (χ1) is 7.72. The molecule has 2 aliphatic rings. The van der Waals surface area contributed by atoms with E-state index in [1.807, 2.05) is 0 Å². The van der Waals surface area contributed by atoms with Crippen LogP contribution in [-0.2, 0) is 0 Å². The first-order valence-corrected chi connectivity index (χ1v) is 7.46. The fraction of sp³-hybridized carbons (Fsp3) is 1.00. The molecular weight excluding hydrogens is 194 g/mol. The Kier molecular flexibility index (Phi) is 4.29. The number of nitrogens with zero attached hydrogens (tertiary/aromatic N) is 1. The van der Waals surface area contributed by atoms with Crippen molar-refractivity contribution in [2.45, 2.75) is 65.3 Å². The van der Waals surface area contributed by atoms with Crippen LogP contribution in [-0.4, -0.2) is 24.0 Å². The molecule has 1 heterocycles. The van der Waals surface area contributed by atoms with Gasteiger partial charge in [0.2, 0.25) is 0 Å². The van der Waals surface area contributed by atoms with E-state index in [1.54, 1.807) is 0 Å². The summed E-state index contributed by atoms with van der Waals surface area (Å²) in [5.41, 5.74) is 0. The zero-order valence-corrected chi connectivity index (χ0v) is 11.4. The summed E-state index contributed by atoms with van der Waals surface area (Å²) in [6, 6.07) is 0.962. The summed E-state index contributed by atoms with van der Waals surface area (Å²) in [4.78, 5) is 2.81. The van der Waals surface area contributed by atoms with Crippen LogP contribution in [0.2, 0.25) is 0 Å².